The Kier molecular flexibility index (Phi) is 5.54. The van der Waals surface area contributed by atoms with Gasteiger partial charge in [0, 0.05) is 18.5 Å². The SMILES string of the molecule is C#CCC(CC)NC(=O)c1ccc([N+](=O)[O-])cc1OC. The number of nitro groups is 1. The van der Waals surface area contributed by atoms with Gasteiger partial charge in [0.2, 0.25) is 0 Å². The third-order valence-corrected chi connectivity index (χ3v) is 2.83. The monoisotopic (exact) mass is 276 g/mol. The van der Waals surface area contributed by atoms with E-state index in [0.29, 0.717) is 12.8 Å². The van der Waals surface area contributed by atoms with Crippen molar-refractivity contribution in [1.29, 1.82) is 0 Å². The molecule has 6 nitrogen and oxygen atoms in total. The molecule has 0 aliphatic rings. The second kappa shape index (κ2) is 7.14. The fraction of sp³-hybridized carbons (Fsp3) is 0.357. The molecule has 106 valence electrons. The first kappa shape index (κ1) is 15.5. The van der Waals surface area contributed by atoms with Gasteiger partial charge in [0.05, 0.1) is 23.7 Å². The molecule has 1 N–H and O–H groups in total. The molecular formula is C14H16N2O4. The number of ether oxygens (including phenoxy) is 1. The second-order valence-corrected chi connectivity index (χ2v) is 4.13. The van der Waals surface area contributed by atoms with Crippen molar-refractivity contribution in [2.24, 2.45) is 0 Å². The van der Waals surface area contributed by atoms with Gasteiger partial charge >= 0.3 is 0 Å². The van der Waals surface area contributed by atoms with Crippen LogP contribution in [0.25, 0.3) is 0 Å². The van der Waals surface area contributed by atoms with Crippen LogP contribution in [0, 0.1) is 22.5 Å². The summed E-state index contributed by atoms with van der Waals surface area (Å²) < 4.78 is 5.03. The Bertz CT molecular complexity index is 549. The number of benzene rings is 1. The van der Waals surface area contributed by atoms with Gasteiger partial charge in [-0.25, -0.2) is 0 Å². The molecule has 1 rings (SSSR count). The third kappa shape index (κ3) is 3.72. The van der Waals surface area contributed by atoms with E-state index in [-0.39, 0.29) is 28.9 Å². The number of carbonyl (C=O) groups is 1. The lowest BCUT2D eigenvalue weighted by Crippen LogP contribution is -2.34. The maximum Gasteiger partial charge on any atom is 0.273 e. The number of amides is 1. The van der Waals surface area contributed by atoms with Crippen molar-refractivity contribution in [2.75, 3.05) is 7.11 Å². The zero-order chi connectivity index (χ0) is 15.1. The van der Waals surface area contributed by atoms with Crippen LogP contribution in [-0.4, -0.2) is 24.0 Å². The zero-order valence-electron chi connectivity index (χ0n) is 11.4. The highest BCUT2D eigenvalue weighted by molar-refractivity contribution is 5.97. The Labute approximate surface area is 117 Å². The van der Waals surface area contributed by atoms with Crippen LogP contribution in [0.3, 0.4) is 0 Å². The van der Waals surface area contributed by atoms with Gasteiger partial charge in [-0.15, -0.1) is 12.3 Å². The first-order valence-electron chi connectivity index (χ1n) is 6.10. The van der Waals surface area contributed by atoms with Crippen molar-refractivity contribution in [3.8, 4) is 18.1 Å². The molecule has 0 spiro atoms. The summed E-state index contributed by atoms with van der Waals surface area (Å²) in [5.74, 6) is 2.29. The van der Waals surface area contributed by atoms with Gasteiger partial charge in [0.1, 0.15) is 5.75 Å². The molecule has 0 saturated carbocycles. The van der Waals surface area contributed by atoms with Crippen LogP contribution in [-0.2, 0) is 0 Å². The Morgan fingerprint density at radius 2 is 2.30 bits per heavy atom. The molecule has 0 radical (unpaired) electrons. The summed E-state index contributed by atoms with van der Waals surface area (Å²) in [5.41, 5.74) is 0.114. The highest BCUT2D eigenvalue weighted by Crippen LogP contribution is 2.24. The van der Waals surface area contributed by atoms with E-state index in [2.05, 4.69) is 11.2 Å². The molecule has 0 heterocycles. The standard InChI is InChI=1S/C14H16N2O4/c1-4-6-10(5-2)15-14(17)12-8-7-11(16(18)19)9-13(12)20-3/h1,7-10H,5-6H2,2-3H3,(H,15,17). The molecule has 0 saturated heterocycles. The number of hydrogen-bond donors (Lipinski definition) is 1. The quantitative estimate of drug-likeness (QED) is 0.490. The van der Waals surface area contributed by atoms with Crippen molar-refractivity contribution < 1.29 is 14.5 Å². The van der Waals surface area contributed by atoms with E-state index in [1.165, 1.54) is 25.3 Å². The molecule has 1 atom stereocenters. The largest absolute Gasteiger partial charge is 0.496 e. The summed E-state index contributed by atoms with van der Waals surface area (Å²) in [6.45, 7) is 1.91. The number of nitrogens with one attached hydrogen (secondary N) is 1. The lowest BCUT2D eigenvalue weighted by Gasteiger charge is -2.15. The van der Waals surface area contributed by atoms with E-state index >= 15 is 0 Å². The van der Waals surface area contributed by atoms with Crippen LogP contribution in [0.15, 0.2) is 18.2 Å². The summed E-state index contributed by atoms with van der Waals surface area (Å²) in [4.78, 5) is 22.3. The Balaban J connectivity index is 2.98. The zero-order valence-corrected chi connectivity index (χ0v) is 11.4. The first-order chi connectivity index (χ1) is 9.53. The minimum Gasteiger partial charge on any atom is -0.496 e. The van der Waals surface area contributed by atoms with Crippen LogP contribution in [0.1, 0.15) is 30.1 Å². The molecule has 0 aliphatic carbocycles. The lowest BCUT2D eigenvalue weighted by atomic mass is 10.1. The molecule has 0 aliphatic heterocycles. The number of rotatable bonds is 6. The van der Waals surface area contributed by atoms with Crippen molar-refractivity contribution in [3.63, 3.8) is 0 Å². The van der Waals surface area contributed by atoms with Crippen LogP contribution in [0.5, 0.6) is 5.75 Å². The third-order valence-electron chi connectivity index (χ3n) is 2.83. The minimum absolute atomic E-state index is 0.130. The molecule has 0 bridgehead atoms. The molecule has 1 aromatic rings. The number of carbonyl (C=O) groups excluding carboxylic acids is 1. The van der Waals surface area contributed by atoms with Gasteiger partial charge in [0.25, 0.3) is 11.6 Å². The number of methoxy groups -OCH3 is 1. The average molecular weight is 276 g/mol. The molecule has 1 amide bonds. The van der Waals surface area contributed by atoms with Gasteiger partial charge in [-0.05, 0) is 12.5 Å². The van der Waals surface area contributed by atoms with Crippen molar-refractivity contribution in [2.45, 2.75) is 25.8 Å². The van der Waals surface area contributed by atoms with Crippen LogP contribution >= 0.6 is 0 Å². The highest BCUT2D eigenvalue weighted by Gasteiger charge is 2.18. The fourth-order valence-electron chi connectivity index (χ4n) is 1.68. The van der Waals surface area contributed by atoms with Gasteiger partial charge in [-0.1, -0.05) is 6.92 Å². The number of hydrogen-bond acceptors (Lipinski definition) is 4. The Hall–Kier alpha value is -2.55. The summed E-state index contributed by atoms with van der Waals surface area (Å²) in [6, 6.07) is 3.72. The number of nitro benzene ring substituents is 1. The van der Waals surface area contributed by atoms with E-state index in [9.17, 15) is 14.9 Å². The van der Waals surface area contributed by atoms with E-state index in [1.807, 2.05) is 6.92 Å². The van der Waals surface area contributed by atoms with Gasteiger partial charge < -0.3 is 10.1 Å². The topological polar surface area (TPSA) is 81.5 Å². The predicted molar refractivity (Wildman–Crippen MR) is 74.6 cm³/mol. The molecule has 1 unspecified atom stereocenters. The van der Waals surface area contributed by atoms with Gasteiger partial charge in [0.15, 0.2) is 0 Å². The highest BCUT2D eigenvalue weighted by atomic mass is 16.6. The molecule has 1 aromatic carbocycles. The van der Waals surface area contributed by atoms with E-state index < -0.39 is 4.92 Å². The summed E-state index contributed by atoms with van der Waals surface area (Å²) in [6.07, 6.45) is 6.36. The summed E-state index contributed by atoms with van der Waals surface area (Å²) in [7, 11) is 1.36. The Morgan fingerprint density at radius 3 is 2.80 bits per heavy atom. The molecule has 6 heteroatoms. The van der Waals surface area contributed by atoms with Crippen molar-refractivity contribution in [1.82, 2.24) is 5.32 Å². The summed E-state index contributed by atoms with van der Waals surface area (Å²) in [5, 5.41) is 13.5. The molecule has 0 fully saturated rings. The summed E-state index contributed by atoms with van der Waals surface area (Å²) >= 11 is 0. The van der Waals surface area contributed by atoms with Crippen LogP contribution in [0.2, 0.25) is 0 Å². The van der Waals surface area contributed by atoms with Gasteiger partial charge in [-0.2, -0.15) is 0 Å². The molecule has 0 aromatic heterocycles. The number of nitrogens with zero attached hydrogens (tertiary/aromatic N) is 1. The second-order valence-electron chi connectivity index (χ2n) is 4.13. The maximum absolute atomic E-state index is 12.1. The van der Waals surface area contributed by atoms with Crippen molar-refractivity contribution >= 4 is 11.6 Å². The van der Waals surface area contributed by atoms with Crippen LogP contribution < -0.4 is 10.1 Å². The van der Waals surface area contributed by atoms with Gasteiger partial charge in [-0.3, -0.25) is 14.9 Å². The number of non-ortho nitro benzene ring substituents is 1. The maximum atomic E-state index is 12.1. The van der Waals surface area contributed by atoms with Crippen LogP contribution in [0.4, 0.5) is 5.69 Å². The average Bonchev–Trinajstić information content (AvgIpc) is 2.45. The number of terminal acetylenes is 1. The first-order valence-corrected chi connectivity index (χ1v) is 6.10. The minimum atomic E-state index is -0.544. The van der Waals surface area contributed by atoms with Crippen molar-refractivity contribution in [3.05, 3.63) is 33.9 Å². The Morgan fingerprint density at radius 1 is 1.60 bits per heavy atom. The van der Waals surface area contributed by atoms with E-state index in [1.54, 1.807) is 0 Å². The normalized spacial score (nSPS) is 11.2. The molecular weight excluding hydrogens is 260 g/mol. The van der Waals surface area contributed by atoms with E-state index in [4.69, 9.17) is 11.2 Å². The smallest absolute Gasteiger partial charge is 0.273 e. The lowest BCUT2D eigenvalue weighted by molar-refractivity contribution is -0.384. The molecule has 20 heavy (non-hydrogen) atoms. The predicted octanol–water partition coefficient (Wildman–Crippen LogP) is 2.14. The fourth-order valence-corrected chi connectivity index (χ4v) is 1.68. The van der Waals surface area contributed by atoms with E-state index in [0.717, 1.165) is 0 Å².